The van der Waals surface area contributed by atoms with Crippen LogP contribution in [0.4, 0.5) is 0 Å². The predicted molar refractivity (Wildman–Crippen MR) is 57.1 cm³/mol. The Morgan fingerprint density at radius 2 is 2.07 bits per heavy atom. The molecule has 2 rings (SSSR count). The van der Waals surface area contributed by atoms with Crippen molar-refractivity contribution in [3.05, 3.63) is 35.4 Å². The first kappa shape index (κ1) is 9.69. The average Bonchev–Trinajstić information content (AvgIpc) is 2.72. The van der Waals surface area contributed by atoms with Crippen molar-refractivity contribution >= 4 is 0 Å². The Bertz CT molecular complexity index is 275. The van der Waals surface area contributed by atoms with Gasteiger partial charge in [0.1, 0.15) is 0 Å². The Labute approximate surface area is 85.1 Å². The molecule has 1 aliphatic rings. The molecule has 1 heterocycles. The predicted octanol–water partition coefficient (Wildman–Crippen LogP) is 2.04. The third kappa shape index (κ3) is 2.14. The number of hydrogen-bond donors (Lipinski definition) is 1. The number of nitrogens with two attached hydrogens (primary N) is 1. The summed E-state index contributed by atoms with van der Waals surface area (Å²) in [5.41, 5.74) is 8.12. The highest BCUT2D eigenvalue weighted by Crippen LogP contribution is 2.28. The van der Waals surface area contributed by atoms with Crippen molar-refractivity contribution in [2.75, 3.05) is 13.2 Å². The summed E-state index contributed by atoms with van der Waals surface area (Å²) in [5, 5.41) is 0. The molecule has 1 aromatic rings. The number of ether oxygens (including phenoxy) is 1. The van der Waals surface area contributed by atoms with Gasteiger partial charge >= 0.3 is 0 Å². The smallest absolute Gasteiger partial charge is 0.0825 e. The van der Waals surface area contributed by atoms with Gasteiger partial charge in [-0.25, -0.2) is 0 Å². The molecule has 1 saturated heterocycles. The number of hydrogen-bond acceptors (Lipinski definition) is 2. The van der Waals surface area contributed by atoms with Gasteiger partial charge in [0.25, 0.3) is 0 Å². The lowest BCUT2D eigenvalue weighted by Crippen LogP contribution is -2.03. The Morgan fingerprint density at radius 3 is 2.64 bits per heavy atom. The van der Waals surface area contributed by atoms with Crippen molar-refractivity contribution in [2.45, 2.75) is 25.4 Å². The van der Waals surface area contributed by atoms with Crippen LogP contribution in [0.5, 0.6) is 0 Å². The van der Waals surface area contributed by atoms with Crippen molar-refractivity contribution in [1.82, 2.24) is 0 Å². The minimum Gasteiger partial charge on any atom is -0.374 e. The monoisotopic (exact) mass is 191 g/mol. The van der Waals surface area contributed by atoms with Crippen LogP contribution < -0.4 is 5.73 Å². The lowest BCUT2D eigenvalue weighted by atomic mass is 10.0. The second-order valence-corrected chi connectivity index (χ2v) is 3.78. The van der Waals surface area contributed by atoms with Gasteiger partial charge in [-0.15, -0.1) is 0 Å². The fourth-order valence-electron chi connectivity index (χ4n) is 1.91. The van der Waals surface area contributed by atoms with E-state index in [4.69, 9.17) is 10.5 Å². The topological polar surface area (TPSA) is 35.2 Å². The Morgan fingerprint density at radius 1 is 1.29 bits per heavy atom. The van der Waals surface area contributed by atoms with Gasteiger partial charge in [0.2, 0.25) is 0 Å². The summed E-state index contributed by atoms with van der Waals surface area (Å²) >= 11 is 0. The molecule has 0 aromatic heterocycles. The fourth-order valence-corrected chi connectivity index (χ4v) is 1.91. The van der Waals surface area contributed by atoms with Gasteiger partial charge in [-0.1, -0.05) is 24.3 Å². The number of rotatable bonds is 3. The van der Waals surface area contributed by atoms with Crippen molar-refractivity contribution in [3.63, 3.8) is 0 Å². The van der Waals surface area contributed by atoms with Crippen LogP contribution in [0.15, 0.2) is 24.3 Å². The molecule has 1 unspecified atom stereocenters. The van der Waals surface area contributed by atoms with Crippen LogP contribution in [0, 0.1) is 0 Å². The summed E-state index contributed by atoms with van der Waals surface area (Å²) in [7, 11) is 0. The molecule has 1 aromatic carbocycles. The first-order valence-corrected chi connectivity index (χ1v) is 5.30. The third-order valence-electron chi connectivity index (χ3n) is 2.71. The Hall–Kier alpha value is -0.860. The van der Waals surface area contributed by atoms with Crippen molar-refractivity contribution in [3.8, 4) is 0 Å². The van der Waals surface area contributed by atoms with Crippen LogP contribution in [0.25, 0.3) is 0 Å². The molecule has 1 aliphatic heterocycles. The summed E-state index contributed by atoms with van der Waals surface area (Å²) < 4.78 is 5.61. The van der Waals surface area contributed by atoms with Gasteiger partial charge < -0.3 is 10.5 Å². The van der Waals surface area contributed by atoms with Gasteiger partial charge in [0.05, 0.1) is 6.10 Å². The molecule has 2 N–H and O–H groups in total. The second kappa shape index (κ2) is 4.58. The molecular weight excluding hydrogens is 174 g/mol. The molecule has 76 valence electrons. The highest BCUT2D eigenvalue weighted by molar-refractivity contribution is 5.24. The van der Waals surface area contributed by atoms with E-state index in [1.807, 2.05) is 0 Å². The molecule has 0 spiro atoms. The zero-order valence-corrected chi connectivity index (χ0v) is 8.41. The van der Waals surface area contributed by atoms with Crippen LogP contribution in [0.1, 0.15) is 30.1 Å². The molecule has 1 atom stereocenters. The maximum atomic E-state index is 5.61. The van der Waals surface area contributed by atoms with Crippen LogP contribution in [-0.4, -0.2) is 13.2 Å². The van der Waals surface area contributed by atoms with E-state index in [1.54, 1.807) is 0 Å². The second-order valence-electron chi connectivity index (χ2n) is 3.78. The maximum Gasteiger partial charge on any atom is 0.0825 e. The van der Waals surface area contributed by atoms with Crippen molar-refractivity contribution in [2.24, 2.45) is 5.73 Å². The van der Waals surface area contributed by atoms with E-state index in [9.17, 15) is 0 Å². The van der Waals surface area contributed by atoms with Crippen molar-refractivity contribution in [1.29, 1.82) is 0 Å². The van der Waals surface area contributed by atoms with Crippen LogP contribution in [-0.2, 0) is 11.2 Å². The van der Waals surface area contributed by atoms with E-state index in [0.29, 0.717) is 6.10 Å². The largest absolute Gasteiger partial charge is 0.374 e. The average molecular weight is 191 g/mol. The lowest BCUT2D eigenvalue weighted by Gasteiger charge is -2.09. The summed E-state index contributed by atoms with van der Waals surface area (Å²) in [6, 6.07) is 8.65. The highest BCUT2D eigenvalue weighted by Gasteiger charge is 2.16. The van der Waals surface area contributed by atoms with Crippen LogP contribution in [0.3, 0.4) is 0 Å². The standard InChI is InChI=1S/C12H17NO/c13-8-7-10-3-5-11(6-4-10)12-2-1-9-14-12/h3-6,12H,1-2,7-9,13H2. The third-order valence-corrected chi connectivity index (χ3v) is 2.71. The lowest BCUT2D eigenvalue weighted by molar-refractivity contribution is 0.112. The normalized spacial score (nSPS) is 21.4. The van der Waals surface area contributed by atoms with E-state index in [1.165, 1.54) is 17.5 Å². The fraction of sp³-hybridized carbons (Fsp3) is 0.500. The minimum atomic E-state index is 0.335. The first-order valence-electron chi connectivity index (χ1n) is 5.30. The van der Waals surface area contributed by atoms with Crippen molar-refractivity contribution < 1.29 is 4.74 Å². The van der Waals surface area contributed by atoms with Gasteiger partial charge in [0.15, 0.2) is 0 Å². The van der Waals surface area contributed by atoms with E-state index in [-0.39, 0.29) is 0 Å². The van der Waals surface area contributed by atoms with E-state index < -0.39 is 0 Å². The van der Waals surface area contributed by atoms with Crippen LogP contribution >= 0.6 is 0 Å². The number of benzene rings is 1. The summed E-state index contributed by atoms with van der Waals surface area (Å²) in [6.45, 7) is 1.63. The Balaban J connectivity index is 2.05. The van der Waals surface area contributed by atoms with Gasteiger partial charge in [-0.3, -0.25) is 0 Å². The molecule has 0 amide bonds. The maximum absolute atomic E-state index is 5.61. The minimum absolute atomic E-state index is 0.335. The molecule has 1 fully saturated rings. The van der Waals surface area contributed by atoms with Gasteiger partial charge in [-0.05, 0) is 36.9 Å². The van der Waals surface area contributed by atoms with Gasteiger partial charge in [-0.2, -0.15) is 0 Å². The molecular formula is C12H17NO. The van der Waals surface area contributed by atoms with Crippen LogP contribution in [0.2, 0.25) is 0 Å². The summed E-state index contributed by atoms with van der Waals surface area (Å²) in [5.74, 6) is 0. The molecule has 2 heteroatoms. The molecule has 14 heavy (non-hydrogen) atoms. The molecule has 0 radical (unpaired) electrons. The highest BCUT2D eigenvalue weighted by atomic mass is 16.5. The van der Waals surface area contributed by atoms with E-state index in [0.717, 1.165) is 26.0 Å². The zero-order valence-electron chi connectivity index (χ0n) is 8.41. The molecule has 0 saturated carbocycles. The van der Waals surface area contributed by atoms with E-state index >= 15 is 0 Å². The molecule has 0 bridgehead atoms. The summed E-state index contributed by atoms with van der Waals surface area (Å²) in [4.78, 5) is 0. The van der Waals surface area contributed by atoms with E-state index in [2.05, 4.69) is 24.3 Å². The Kier molecular flexibility index (Phi) is 3.17. The molecule has 2 nitrogen and oxygen atoms in total. The summed E-state index contributed by atoms with van der Waals surface area (Å²) in [6.07, 6.45) is 3.65. The SMILES string of the molecule is NCCc1ccc(C2CCCO2)cc1. The van der Waals surface area contributed by atoms with Gasteiger partial charge in [0, 0.05) is 6.61 Å². The quantitative estimate of drug-likeness (QED) is 0.793. The molecule has 0 aliphatic carbocycles. The first-order chi connectivity index (χ1) is 6.90. The zero-order chi connectivity index (χ0) is 9.80.